The lowest BCUT2D eigenvalue weighted by Crippen LogP contribution is -2.08. The molecule has 1 aromatic carbocycles. The van der Waals surface area contributed by atoms with Gasteiger partial charge in [0, 0.05) is 22.6 Å². The minimum Gasteiger partial charge on any atom is -0.264 e. The molecular weight excluding hydrogens is 274 g/mol. The van der Waals surface area contributed by atoms with Gasteiger partial charge in [0.05, 0.1) is 0 Å². The number of aryl methyl sites for hydroxylation is 1. The fraction of sp³-hybridized carbons (Fsp3) is 0.400. The van der Waals surface area contributed by atoms with E-state index >= 15 is 0 Å². The van der Waals surface area contributed by atoms with Crippen molar-refractivity contribution in [3.63, 3.8) is 0 Å². The molecule has 90 valence electrons. The molecule has 0 fully saturated rings. The van der Waals surface area contributed by atoms with Crippen LogP contribution in [-0.2, 0) is 6.42 Å². The molecule has 0 saturated heterocycles. The zero-order valence-corrected chi connectivity index (χ0v) is 11.9. The van der Waals surface area contributed by atoms with E-state index in [1.165, 1.54) is 16.3 Å². The third-order valence-electron chi connectivity index (χ3n) is 3.16. The molecule has 0 amide bonds. The second-order valence-electron chi connectivity index (χ2n) is 4.82. The average Bonchev–Trinajstić information content (AvgIpc) is 2.35. The molecule has 1 atom stereocenters. The highest BCUT2D eigenvalue weighted by molar-refractivity contribution is 9.09. The van der Waals surface area contributed by atoms with Crippen molar-refractivity contribution in [2.75, 3.05) is 0 Å². The summed E-state index contributed by atoms with van der Waals surface area (Å²) < 4.78 is 0. The SMILES string of the molecule is CC(C)C(Br)CCc1cncc2ccccc12. The second kappa shape index (κ2) is 5.63. The van der Waals surface area contributed by atoms with Crippen molar-refractivity contribution in [3.05, 3.63) is 42.2 Å². The molecular formula is C15H18BrN. The Bertz CT molecular complexity index is 488. The molecule has 1 aromatic heterocycles. The molecule has 1 nitrogen and oxygen atoms in total. The first-order valence-electron chi connectivity index (χ1n) is 6.14. The number of nitrogens with zero attached hydrogens (tertiary/aromatic N) is 1. The third kappa shape index (κ3) is 3.06. The molecule has 0 aliphatic heterocycles. The van der Waals surface area contributed by atoms with E-state index < -0.39 is 0 Å². The molecule has 1 unspecified atom stereocenters. The van der Waals surface area contributed by atoms with Crippen LogP contribution in [0.2, 0.25) is 0 Å². The third-order valence-corrected chi connectivity index (χ3v) is 4.68. The standard InChI is InChI=1S/C15H18BrN/c1-11(2)15(16)8-7-13-10-17-9-12-5-3-4-6-14(12)13/h3-6,9-11,15H,7-8H2,1-2H3. The van der Waals surface area contributed by atoms with E-state index in [0.717, 1.165) is 12.8 Å². The van der Waals surface area contributed by atoms with E-state index in [4.69, 9.17) is 0 Å². The van der Waals surface area contributed by atoms with Crippen molar-refractivity contribution < 1.29 is 0 Å². The van der Waals surface area contributed by atoms with E-state index in [0.29, 0.717) is 10.7 Å². The van der Waals surface area contributed by atoms with Crippen LogP contribution in [0.25, 0.3) is 10.8 Å². The molecule has 17 heavy (non-hydrogen) atoms. The van der Waals surface area contributed by atoms with Gasteiger partial charge in [-0.25, -0.2) is 0 Å². The number of pyridine rings is 1. The summed E-state index contributed by atoms with van der Waals surface area (Å²) >= 11 is 3.74. The predicted octanol–water partition coefficient (Wildman–Crippen LogP) is 4.59. The first kappa shape index (κ1) is 12.6. The van der Waals surface area contributed by atoms with Crippen LogP contribution >= 0.6 is 15.9 Å². The lowest BCUT2D eigenvalue weighted by molar-refractivity contribution is 0.582. The molecule has 0 aliphatic carbocycles. The van der Waals surface area contributed by atoms with Gasteiger partial charge in [0.25, 0.3) is 0 Å². The Labute approximate surface area is 111 Å². The summed E-state index contributed by atoms with van der Waals surface area (Å²) in [7, 11) is 0. The Hall–Kier alpha value is -0.890. The van der Waals surface area contributed by atoms with Gasteiger partial charge in [-0.1, -0.05) is 54.0 Å². The van der Waals surface area contributed by atoms with E-state index in [2.05, 4.69) is 59.0 Å². The Morgan fingerprint density at radius 3 is 2.71 bits per heavy atom. The molecule has 0 radical (unpaired) electrons. The largest absolute Gasteiger partial charge is 0.264 e. The van der Waals surface area contributed by atoms with Gasteiger partial charge in [0.2, 0.25) is 0 Å². The van der Waals surface area contributed by atoms with Gasteiger partial charge >= 0.3 is 0 Å². The van der Waals surface area contributed by atoms with E-state index in [1.54, 1.807) is 0 Å². The van der Waals surface area contributed by atoms with Crippen molar-refractivity contribution in [2.45, 2.75) is 31.5 Å². The van der Waals surface area contributed by atoms with Crippen LogP contribution in [0.4, 0.5) is 0 Å². The molecule has 2 rings (SSSR count). The summed E-state index contributed by atoms with van der Waals surface area (Å²) in [5, 5.41) is 2.58. The van der Waals surface area contributed by atoms with Gasteiger partial charge in [0.15, 0.2) is 0 Å². The lowest BCUT2D eigenvalue weighted by atomic mass is 10.00. The maximum atomic E-state index is 4.32. The van der Waals surface area contributed by atoms with Crippen LogP contribution in [0.15, 0.2) is 36.7 Å². The Morgan fingerprint density at radius 1 is 1.18 bits per heavy atom. The molecule has 0 N–H and O–H groups in total. The normalized spacial score (nSPS) is 13.2. The minimum absolute atomic E-state index is 0.585. The van der Waals surface area contributed by atoms with Crippen LogP contribution in [-0.4, -0.2) is 9.81 Å². The molecule has 1 heterocycles. The first-order chi connectivity index (χ1) is 8.18. The highest BCUT2D eigenvalue weighted by Crippen LogP contribution is 2.22. The summed E-state index contributed by atoms with van der Waals surface area (Å²) in [6.07, 6.45) is 6.19. The number of rotatable bonds is 4. The number of halogens is 1. The fourth-order valence-electron chi connectivity index (χ4n) is 2.01. The fourth-order valence-corrected chi connectivity index (χ4v) is 2.23. The topological polar surface area (TPSA) is 12.9 Å². The summed E-state index contributed by atoms with van der Waals surface area (Å²) in [6.45, 7) is 4.50. The molecule has 2 heteroatoms. The molecule has 0 bridgehead atoms. The number of benzene rings is 1. The number of hydrogen-bond acceptors (Lipinski definition) is 1. The van der Waals surface area contributed by atoms with Gasteiger partial charge in [-0.15, -0.1) is 0 Å². The van der Waals surface area contributed by atoms with Gasteiger partial charge in [-0.05, 0) is 29.7 Å². The van der Waals surface area contributed by atoms with Gasteiger partial charge in [-0.3, -0.25) is 4.98 Å². The Balaban J connectivity index is 2.19. The average molecular weight is 292 g/mol. The van der Waals surface area contributed by atoms with Crippen molar-refractivity contribution in [2.24, 2.45) is 5.92 Å². The maximum Gasteiger partial charge on any atom is 0.0346 e. The van der Waals surface area contributed by atoms with E-state index in [1.807, 2.05) is 12.4 Å². The molecule has 0 aliphatic rings. The van der Waals surface area contributed by atoms with Crippen molar-refractivity contribution in [3.8, 4) is 0 Å². The van der Waals surface area contributed by atoms with Gasteiger partial charge in [0.1, 0.15) is 0 Å². The first-order valence-corrected chi connectivity index (χ1v) is 7.05. The Morgan fingerprint density at radius 2 is 1.94 bits per heavy atom. The van der Waals surface area contributed by atoms with E-state index in [-0.39, 0.29) is 0 Å². The summed E-state index contributed by atoms with van der Waals surface area (Å²) in [4.78, 5) is 4.91. The lowest BCUT2D eigenvalue weighted by Gasteiger charge is -2.14. The smallest absolute Gasteiger partial charge is 0.0346 e. The number of hydrogen-bond donors (Lipinski definition) is 0. The summed E-state index contributed by atoms with van der Waals surface area (Å²) in [5.74, 6) is 0.679. The number of aromatic nitrogens is 1. The van der Waals surface area contributed by atoms with Crippen LogP contribution < -0.4 is 0 Å². The molecule has 2 aromatic rings. The predicted molar refractivity (Wildman–Crippen MR) is 77.6 cm³/mol. The zero-order chi connectivity index (χ0) is 12.3. The summed E-state index contributed by atoms with van der Waals surface area (Å²) in [5.41, 5.74) is 1.35. The number of fused-ring (bicyclic) bond motifs is 1. The number of alkyl halides is 1. The summed E-state index contributed by atoms with van der Waals surface area (Å²) in [6, 6.07) is 8.47. The van der Waals surface area contributed by atoms with Crippen molar-refractivity contribution in [1.29, 1.82) is 0 Å². The van der Waals surface area contributed by atoms with Crippen LogP contribution in [0.3, 0.4) is 0 Å². The van der Waals surface area contributed by atoms with E-state index in [9.17, 15) is 0 Å². The van der Waals surface area contributed by atoms with Crippen molar-refractivity contribution in [1.82, 2.24) is 4.98 Å². The van der Waals surface area contributed by atoms with Crippen molar-refractivity contribution >= 4 is 26.7 Å². The van der Waals surface area contributed by atoms with Crippen LogP contribution in [0.1, 0.15) is 25.8 Å². The monoisotopic (exact) mass is 291 g/mol. The minimum atomic E-state index is 0.585. The molecule has 0 saturated carbocycles. The van der Waals surface area contributed by atoms with Gasteiger partial charge in [-0.2, -0.15) is 0 Å². The quantitative estimate of drug-likeness (QED) is 0.751. The van der Waals surface area contributed by atoms with Gasteiger partial charge < -0.3 is 0 Å². The highest BCUT2D eigenvalue weighted by atomic mass is 79.9. The van der Waals surface area contributed by atoms with Crippen LogP contribution in [0, 0.1) is 5.92 Å². The maximum absolute atomic E-state index is 4.32. The zero-order valence-electron chi connectivity index (χ0n) is 10.4. The second-order valence-corrected chi connectivity index (χ2v) is 5.99. The Kier molecular flexibility index (Phi) is 4.16. The highest BCUT2D eigenvalue weighted by Gasteiger charge is 2.10. The molecule has 0 spiro atoms. The van der Waals surface area contributed by atoms with Crippen LogP contribution in [0.5, 0.6) is 0 Å².